The van der Waals surface area contributed by atoms with E-state index in [0.29, 0.717) is 0 Å². The molecule has 0 atom stereocenters. The van der Waals surface area contributed by atoms with Gasteiger partial charge in [-0.2, -0.15) is 0 Å². The highest BCUT2D eigenvalue weighted by Gasteiger charge is 2.20. The molecule has 0 saturated heterocycles. The first-order chi connectivity index (χ1) is 25.3. The Morgan fingerprint density at radius 1 is 0.314 bits per heavy atom. The highest BCUT2D eigenvalue weighted by Crippen LogP contribution is 2.43. The molecule has 0 aliphatic rings. The van der Waals surface area contributed by atoms with Crippen LogP contribution in [0.4, 0.5) is 17.1 Å². The Hall–Kier alpha value is -6.84. The second kappa shape index (κ2) is 11.9. The van der Waals surface area contributed by atoms with E-state index >= 15 is 0 Å². The van der Waals surface area contributed by atoms with Gasteiger partial charge in [0, 0.05) is 49.9 Å². The van der Waals surface area contributed by atoms with Gasteiger partial charge in [0.2, 0.25) is 0 Å². The smallest absolute Gasteiger partial charge is 0.0542 e. The summed E-state index contributed by atoms with van der Waals surface area (Å²) in [5.74, 6) is 0. The molecule has 0 aliphatic heterocycles. The van der Waals surface area contributed by atoms with Crippen LogP contribution >= 0.6 is 0 Å². The minimum absolute atomic E-state index is 1.09. The lowest BCUT2D eigenvalue weighted by molar-refractivity contribution is 1.17. The number of benzene rings is 8. The maximum absolute atomic E-state index is 2.41. The molecule has 3 nitrogen and oxygen atoms in total. The summed E-state index contributed by atoms with van der Waals surface area (Å²) in [6, 6.07) is 72.1. The van der Waals surface area contributed by atoms with Crippen molar-refractivity contribution in [3.05, 3.63) is 200 Å². The van der Waals surface area contributed by atoms with Crippen LogP contribution in [0, 0.1) is 0 Å². The Kier molecular flexibility index (Phi) is 6.81. The third-order valence-corrected chi connectivity index (χ3v) is 10.1. The summed E-state index contributed by atoms with van der Waals surface area (Å²) in [5.41, 5.74) is 12.8. The molecule has 51 heavy (non-hydrogen) atoms. The van der Waals surface area contributed by atoms with E-state index in [9.17, 15) is 0 Å². The molecule has 0 radical (unpaired) electrons. The van der Waals surface area contributed by atoms with E-state index in [2.05, 4.69) is 214 Å². The van der Waals surface area contributed by atoms with Crippen molar-refractivity contribution in [2.45, 2.75) is 0 Å². The summed E-state index contributed by atoms with van der Waals surface area (Å²) < 4.78 is 4.75. The van der Waals surface area contributed by atoms with Crippen LogP contribution < -0.4 is 4.90 Å². The topological polar surface area (TPSA) is 13.1 Å². The second-order valence-corrected chi connectivity index (χ2v) is 13.0. The number of anilines is 3. The normalized spacial score (nSPS) is 11.5. The van der Waals surface area contributed by atoms with E-state index < -0.39 is 0 Å². The Morgan fingerprint density at radius 3 is 1.39 bits per heavy atom. The summed E-state index contributed by atoms with van der Waals surface area (Å²) in [6.07, 6.45) is 0. The fraction of sp³-hybridized carbons (Fsp3) is 0. The van der Waals surface area contributed by atoms with E-state index in [4.69, 9.17) is 0 Å². The van der Waals surface area contributed by atoms with E-state index in [1.807, 2.05) is 0 Å². The highest BCUT2D eigenvalue weighted by atomic mass is 15.1. The van der Waals surface area contributed by atoms with Crippen molar-refractivity contribution in [3.63, 3.8) is 0 Å². The molecule has 2 aromatic heterocycles. The van der Waals surface area contributed by atoms with E-state index in [1.54, 1.807) is 0 Å². The molecule has 0 N–H and O–H groups in total. The largest absolute Gasteiger partial charge is 0.310 e. The predicted octanol–water partition coefficient (Wildman–Crippen LogP) is 13.0. The van der Waals surface area contributed by atoms with E-state index in [1.165, 1.54) is 54.7 Å². The molecule has 0 aliphatic carbocycles. The quantitative estimate of drug-likeness (QED) is 0.174. The summed E-state index contributed by atoms with van der Waals surface area (Å²) in [4.78, 5) is 2.41. The van der Waals surface area contributed by atoms with Gasteiger partial charge in [0.05, 0.1) is 27.8 Å². The van der Waals surface area contributed by atoms with E-state index in [-0.39, 0.29) is 0 Å². The van der Waals surface area contributed by atoms with Crippen LogP contribution in [0.2, 0.25) is 0 Å². The van der Waals surface area contributed by atoms with Gasteiger partial charge in [0.1, 0.15) is 0 Å². The number of fused-ring (bicyclic) bond motifs is 6. The number of hydrogen-bond donors (Lipinski definition) is 0. The van der Waals surface area contributed by atoms with Crippen molar-refractivity contribution in [1.29, 1.82) is 0 Å². The van der Waals surface area contributed by atoms with Crippen LogP contribution in [0.5, 0.6) is 0 Å². The molecule has 3 heteroatoms. The molecular formula is C48H33N3. The third-order valence-electron chi connectivity index (χ3n) is 10.1. The van der Waals surface area contributed by atoms with Gasteiger partial charge < -0.3 is 14.0 Å². The summed E-state index contributed by atoms with van der Waals surface area (Å²) in [5, 5.41) is 4.98. The van der Waals surface area contributed by atoms with Crippen LogP contribution in [0.25, 0.3) is 66.1 Å². The summed E-state index contributed by atoms with van der Waals surface area (Å²) >= 11 is 0. The molecule has 0 unspecified atom stereocenters. The zero-order valence-corrected chi connectivity index (χ0v) is 27.9. The van der Waals surface area contributed by atoms with Gasteiger partial charge in [-0.1, -0.05) is 121 Å². The standard InChI is InChI=1S/C48H33N3/c1-3-15-34(16-4-1)39-19-7-11-23-44(39)49(36-27-29-37(30-28-36)51-45-24-12-8-20-40(45)41-21-9-13-25-46(41)51)38-31-32-48-43(33-38)42-22-10-14-26-47(42)50(48)35-17-5-2-6-18-35/h1-33H. The molecule has 8 aromatic carbocycles. The Morgan fingerprint density at radius 2 is 0.765 bits per heavy atom. The lowest BCUT2D eigenvalue weighted by atomic mass is 10.0. The Bertz CT molecular complexity index is 2790. The number of aromatic nitrogens is 2. The lowest BCUT2D eigenvalue weighted by Gasteiger charge is -2.28. The third kappa shape index (κ3) is 4.74. The zero-order chi connectivity index (χ0) is 33.7. The maximum Gasteiger partial charge on any atom is 0.0542 e. The number of rotatable bonds is 6. The van der Waals surface area contributed by atoms with Crippen molar-refractivity contribution in [3.8, 4) is 22.5 Å². The van der Waals surface area contributed by atoms with Crippen LogP contribution in [0.15, 0.2) is 200 Å². The number of nitrogens with zero attached hydrogens (tertiary/aromatic N) is 3. The molecule has 0 saturated carbocycles. The minimum atomic E-state index is 1.09. The molecule has 0 amide bonds. The van der Waals surface area contributed by atoms with Crippen molar-refractivity contribution in [1.82, 2.24) is 9.13 Å². The molecule has 10 aromatic rings. The van der Waals surface area contributed by atoms with Crippen molar-refractivity contribution in [2.24, 2.45) is 0 Å². The van der Waals surface area contributed by atoms with Crippen LogP contribution in [0.3, 0.4) is 0 Å². The predicted molar refractivity (Wildman–Crippen MR) is 215 cm³/mol. The monoisotopic (exact) mass is 651 g/mol. The van der Waals surface area contributed by atoms with Gasteiger partial charge in [-0.05, 0) is 84.4 Å². The van der Waals surface area contributed by atoms with Crippen molar-refractivity contribution < 1.29 is 0 Å². The second-order valence-electron chi connectivity index (χ2n) is 13.0. The summed E-state index contributed by atoms with van der Waals surface area (Å²) in [7, 11) is 0. The van der Waals surface area contributed by atoms with E-state index in [0.717, 1.165) is 28.4 Å². The maximum atomic E-state index is 2.41. The van der Waals surface area contributed by atoms with Gasteiger partial charge >= 0.3 is 0 Å². The fourth-order valence-electron chi connectivity index (χ4n) is 7.86. The van der Waals surface area contributed by atoms with Crippen molar-refractivity contribution in [2.75, 3.05) is 4.90 Å². The first-order valence-electron chi connectivity index (χ1n) is 17.5. The van der Waals surface area contributed by atoms with Gasteiger partial charge in [-0.25, -0.2) is 0 Å². The number of hydrogen-bond acceptors (Lipinski definition) is 1. The van der Waals surface area contributed by atoms with Gasteiger partial charge in [-0.3, -0.25) is 0 Å². The van der Waals surface area contributed by atoms with Crippen LogP contribution in [-0.2, 0) is 0 Å². The minimum Gasteiger partial charge on any atom is -0.310 e. The first kappa shape index (κ1) is 29.1. The highest BCUT2D eigenvalue weighted by molar-refractivity contribution is 6.11. The van der Waals surface area contributed by atoms with Gasteiger partial charge in [-0.15, -0.1) is 0 Å². The van der Waals surface area contributed by atoms with Gasteiger partial charge in [0.15, 0.2) is 0 Å². The average Bonchev–Trinajstić information content (AvgIpc) is 3.72. The molecule has 10 rings (SSSR count). The van der Waals surface area contributed by atoms with Gasteiger partial charge in [0.25, 0.3) is 0 Å². The Balaban J connectivity index is 1.19. The average molecular weight is 652 g/mol. The molecule has 0 bridgehead atoms. The first-order valence-corrected chi connectivity index (χ1v) is 17.5. The molecule has 2 heterocycles. The molecular weight excluding hydrogens is 619 g/mol. The fourth-order valence-corrected chi connectivity index (χ4v) is 7.86. The molecule has 0 fully saturated rings. The van der Waals surface area contributed by atoms with Crippen LogP contribution in [0.1, 0.15) is 0 Å². The zero-order valence-electron chi connectivity index (χ0n) is 27.9. The SMILES string of the molecule is c1ccc(-c2ccccc2N(c2ccc(-n3c4ccccc4c4ccccc43)cc2)c2ccc3c(c2)c2ccccc2n3-c2ccccc2)cc1. The Labute approximate surface area is 296 Å². The van der Waals surface area contributed by atoms with Crippen LogP contribution in [-0.4, -0.2) is 9.13 Å². The molecule has 240 valence electrons. The van der Waals surface area contributed by atoms with Crippen molar-refractivity contribution >= 4 is 60.7 Å². The lowest BCUT2D eigenvalue weighted by Crippen LogP contribution is -2.11. The number of para-hydroxylation sites is 5. The summed E-state index contributed by atoms with van der Waals surface area (Å²) in [6.45, 7) is 0. The molecule has 0 spiro atoms.